The van der Waals surface area contributed by atoms with Crippen LogP contribution in [0.3, 0.4) is 0 Å². The highest BCUT2D eigenvalue weighted by molar-refractivity contribution is 7.19. The minimum atomic E-state index is -2.83. The standard InChI is InChI=1S/C69H48N4Si/c1-6-18-49(19-7-1)51-34-41-58(42-35-51)73-65-29-17-16-28-63(65)64-48-57(40-47-66(64)73)53-38-45-62(46-39-53)74(59-24-12-4-13-25-59,60-26-14-5-15-27-60)61-43-36-52(37-44-61)50-30-32-56(33-31-50)69-71-67(54-20-8-2-9-21-54)70-68(72-69)55-22-10-3-11-23-55/h1-48H. The Hall–Kier alpha value is -9.55. The molecular formula is C69H48N4Si. The maximum absolute atomic E-state index is 4.97. The molecular weight excluding hydrogens is 913 g/mol. The fourth-order valence-corrected chi connectivity index (χ4v) is 15.5. The summed E-state index contributed by atoms with van der Waals surface area (Å²) in [6.45, 7) is 0. The van der Waals surface area contributed by atoms with Gasteiger partial charge in [0, 0.05) is 33.2 Å². The number of fused-ring (bicyclic) bond motifs is 3. The Labute approximate surface area is 432 Å². The first kappa shape index (κ1) is 44.4. The summed E-state index contributed by atoms with van der Waals surface area (Å²) >= 11 is 0. The summed E-state index contributed by atoms with van der Waals surface area (Å²) in [6, 6.07) is 105. The van der Waals surface area contributed by atoms with Crippen molar-refractivity contribution in [3.05, 3.63) is 291 Å². The van der Waals surface area contributed by atoms with Crippen LogP contribution in [0.4, 0.5) is 0 Å². The van der Waals surface area contributed by atoms with Gasteiger partial charge in [-0.15, -0.1) is 0 Å². The van der Waals surface area contributed by atoms with E-state index in [2.05, 4.69) is 235 Å². The monoisotopic (exact) mass is 960 g/mol. The summed E-state index contributed by atoms with van der Waals surface area (Å²) in [4.78, 5) is 14.8. The van der Waals surface area contributed by atoms with Crippen LogP contribution in [0.1, 0.15) is 0 Å². The second-order valence-corrected chi connectivity index (χ2v) is 22.6. The molecule has 348 valence electrons. The first-order valence-electron chi connectivity index (χ1n) is 25.2. The maximum atomic E-state index is 4.97. The predicted octanol–water partition coefficient (Wildman–Crippen LogP) is 14.3. The van der Waals surface area contributed by atoms with Gasteiger partial charge in [0.1, 0.15) is 0 Å². The third kappa shape index (κ3) is 8.12. The molecule has 0 N–H and O–H groups in total. The van der Waals surface area contributed by atoms with Gasteiger partial charge in [0.15, 0.2) is 25.5 Å². The van der Waals surface area contributed by atoms with Gasteiger partial charge >= 0.3 is 0 Å². The Balaban J connectivity index is 0.855. The molecule has 2 heterocycles. The van der Waals surface area contributed by atoms with Crippen molar-refractivity contribution in [3.63, 3.8) is 0 Å². The SMILES string of the molecule is c1ccc(-c2ccc(-n3c4ccccc4c4cc(-c5ccc([Si](c6ccccc6)(c6ccccc6)c6ccc(-c7ccc(-c8nc(-c9ccccc9)nc(-c9ccccc9)n8)cc7)cc6)cc5)ccc43)cc2)cc1. The van der Waals surface area contributed by atoms with Crippen molar-refractivity contribution < 1.29 is 0 Å². The van der Waals surface area contributed by atoms with Gasteiger partial charge in [-0.25, -0.2) is 15.0 Å². The van der Waals surface area contributed by atoms with E-state index in [1.807, 2.05) is 60.7 Å². The minimum Gasteiger partial charge on any atom is -0.309 e. The molecule has 0 spiro atoms. The Bertz CT molecular complexity index is 3950. The highest BCUT2D eigenvalue weighted by Gasteiger charge is 2.41. The number of hydrogen-bond donors (Lipinski definition) is 0. The first-order valence-corrected chi connectivity index (χ1v) is 27.2. The molecule has 0 aliphatic heterocycles. The lowest BCUT2D eigenvalue weighted by Crippen LogP contribution is -2.74. The van der Waals surface area contributed by atoms with E-state index in [1.165, 1.54) is 64.8 Å². The van der Waals surface area contributed by atoms with Crippen LogP contribution in [0.25, 0.3) is 95.0 Å². The smallest absolute Gasteiger partial charge is 0.179 e. The molecule has 0 aliphatic rings. The molecule has 0 amide bonds. The highest BCUT2D eigenvalue weighted by atomic mass is 28.3. The molecule has 0 atom stereocenters. The molecule has 13 rings (SSSR count). The van der Waals surface area contributed by atoms with Gasteiger partial charge in [0.05, 0.1) is 11.0 Å². The molecule has 4 nitrogen and oxygen atoms in total. The average molecular weight is 961 g/mol. The fourth-order valence-electron chi connectivity index (χ4n) is 10.8. The van der Waals surface area contributed by atoms with E-state index in [0.29, 0.717) is 17.5 Å². The fraction of sp³-hybridized carbons (Fsp3) is 0. The number of benzene rings is 11. The van der Waals surface area contributed by atoms with Gasteiger partial charge in [-0.2, -0.15) is 0 Å². The summed E-state index contributed by atoms with van der Waals surface area (Å²) in [5.74, 6) is 1.94. The lowest BCUT2D eigenvalue weighted by molar-refractivity contribution is 1.07. The zero-order valence-electron chi connectivity index (χ0n) is 40.5. The van der Waals surface area contributed by atoms with Crippen LogP contribution in [0.15, 0.2) is 291 Å². The second kappa shape index (κ2) is 19.2. The van der Waals surface area contributed by atoms with E-state index in [9.17, 15) is 0 Å². The van der Waals surface area contributed by atoms with Gasteiger partial charge in [-0.1, -0.05) is 261 Å². The normalized spacial score (nSPS) is 11.5. The van der Waals surface area contributed by atoms with E-state index in [4.69, 9.17) is 15.0 Å². The number of rotatable bonds is 11. The molecule has 0 fully saturated rings. The van der Waals surface area contributed by atoms with Crippen LogP contribution in [-0.4, -0.2) is 27.6 Å². The van der Waals surface area contributed by atoms with Gasteiger partial charge in [0.2, 0.25) is 0 Å². The molecule has 0 unspecified atom stereocenters. The Morgan fingerprint density at radius 2 is 0.541 bits per heavy atom. The molecule has 0 bridgehead atoms. The van der Waals surface area contributed by atoms with E-state index in [1.54, 1.807) is 0 Å². The Morgan fingerprint density at radius 3 is 1.03 bits per heavy atom. The van der Waals surface area contributed by atoms with Gasteiger partial charge in [-0.3, -0.25) is 0 Å². The summed E-state index contributed by atoms with van der Waals surface area (Å²) < 4.78 is 2.40. The molecule has 0 aliphatic carbocycles. The Kier molecular flexibility index (Phi) is 11.5. The second-order valence-electron chi connectivity index (χ2n) is 18.7. The van der Waals surface area contributed by atoms with Crippen LogP contribution in [0.5, 0.6) is 0 Å². The minimum absolute atomic E-state index is 0.640. The van der Waals surface area contributed by atoms with E-state index in [-0.39, 0.29) is 0 Å². The van der Waals surface area contributed by atoms with Crippen molar-refractivity contribution >= 4 is 50.6 Å². The predicted molar refractivity (Wildman–Crippen MR) is 310 cm³/mol. The van der Waals surface area contributed by atoms with E-state index < -0.39 is 8.07 Å². The van der Waals surface area contributed by atoms with Crippen LogP contribution in [-0.2, 0) is 0 Å². The van der Waals surface area contributed by atoms with Crippen molar-refractivity contribution in [2.45, 2.75) is 0 Å². The van der Waals surface area contributed by atoms with Crippen molar-refractivity contribution in [2.75, 3.05) is 0 Å². The van der Waals surface area contributed by atoms with Crippen molar-refractivity contribution in [1.29, 1.82) is 0 Å². The number of nitrogens with zero attached hydrogens (tertiary/aromatic N) is 4. The van der Waals surface area contributed by atoms with Crippen molar-refractivity contribution in [1.82, 2.24) is 19.5 Å². The summed E-state index contributed by atoms with van der Waals surface area (Å²) in [6.07, 6.45) is 0. The quantitative estimate of drug-likeness (QED) is 0.0958. The lowest BCUT2D eigenvalue weighted by atomic mass is 10.0. The summed E-state index contributed by atoms with van der Waals surface area (Å²) in [5, 5.41) is 7.80. The molecule has 0 radical (unpaired) electrons. The molecule has 5 heteroatoms. The average Bonchev–Trinajstić information content (AvgIpc) is 3.83. The number of para-hydroxylation sites is 1. The van der Waals surface area contributed by atoms with E-state index >= 15 is 0 Å². The molecule has 0 saturated heterocycles. The molecule has 11 aromatic carbocycles. The topological polar surface area (TPSA) is 43.6 Å². The lowest BCUT2D eigenvalue weighted by Gasteiger charge is -2.34. The van der Waals surface area contributed by atoms with Gasteiger partial charge in [-0.05, 0) is 84.5 Å². The Morgan fingerprint density at radius 1 is 0.230 bits per heavy atom. The number of hydrogen-bond acceptors (Lipinski definition) is 3. The van der Waals surface area contributed by atoms with Crippen molar-refractivity contribution in [2.24, 2.45) is 0 Å². The van der Waals surface area contributed by atoms with Crippen LogP contribution >= 0.6 is 0 Å². The summed E-state index contributed by atoms with van der Waals surface area (Å²) in [5.41, 5.74) is 13.4. The highest BCUT2D eigenvalue weighted by Crippen LogP contribution is 2.36. The van der Waals surface area contributed by atoms with Crippen LogP contribution < -0.4 is 20.7 Å². The number of aromatic nitrogens is 4. The van der Waals surface area contributed by atoms with Crippen LogP contribution in [0, 0.1) is 0 Å². The zero-order valence-corrected chi connectivity index (χ0v) is 41.5. The third-order valence-corrected chi connectivity index (χ3v) is 19.3. The van der Waals surface area contributed by atoms with E-state index in [0.717, 1.165) is 33.5 Å². The molecule has 2 aromatic heterocycles. The first-order chi connectivity index (χ1) is 36.7. The van der Waals surface area contributed by atoms with Crippen LogP contribution in [0.2, 0.25) is 0 Å². The maximum Gasteiger partial charge on any atom is 0.179 e. The van der Waals surface area contributed by atoms with Gasteiger partial charge < -0.3 is 4.57 Å². The molecule has 13 aromatic rings. The van der Waals surface area contributed by atoms with Crippen molar-refractivity contribution in [3.8, 4) is 73.2 Å². The zero-order chi connectivity index (χ0) is 49.3. The van der Waals surface area contributed by atoms with Gasteiger partial charge in [0.25, 0.3) is 0 Å². The largest absolute Gasteiger partial charge is 0.309 e. The molecule has 0 saturated carbocycles. The third-order valence-electron chi connectivity index (χ3n) is 14.5. The molecule has 74 heavy (non-hydrogen) atoms. The summed E-state index contributed by atoms with van der Waals surface area (Å²) in [7, 11) is -2.83.